The second-order valence-electron chi connectivity index (χ2n) is 7.73. The van der Waals surface area contributed by atoms with Crippen LogP contribution in [0, 0.1) is 0 Å². The average Bonchev–Trinajstić information content (AvgIpc) is 3.23. The van der Waals surface area contributed by atoms with E-state index in [0.717, 1.165) is 10.1 Å². The smallest absolute Gasteiger partial charge is 0.332 e. The van der Waals surface area contributed by atoms with E-state index < -0.39 is 11.2 Å². The number of aryl methyl sites for hydroxylation is 2. The summed E-state index contributed by atoms with van der Waals surface area (Å²) in [5, 5.41) is 3.43. The van der Waals surface area contributed by atoms with Crippen molar-refractivity contribution in [3.63, 3.8) is 0 Å². The normalized spacial score (nSPS) is 11.0. The quantitative estimate of drug-likeness (QED) is 0.498. The van der Waals surface area contributed by atoms with Crippen molar-refractivity contribution in [3.05, 3.63) is 62.0 Å². The molecule has 1 aromatic carbocycles. The highest BCUT2D eigenvalue weighted by atomic mass is 35.5. The largest absolute Gasteiger partial charge is 0.350 e. The maximum absolute atomic E-state index is 12.6. The molecule has 2 aromatic heterocycles. The van der Waals surface area contributed by atoms with Crippen molar-refractivity contribution in [2.75, 3.05) is 13.1 Å². The fraction of sp³-hybridized carbons (Fsp3) is 0.409. The van der Waals surface area contributed by atoms with Crippen LogP contribution < -0.4 is 16.6 Å². The molecule has 1 N–H and O–H groups in total. The van der Waals surface area contributed by atoms with Crippen molar-refractivity contribution >= 4 is 34.6 Å². The van der Waals surface area contributed by atoms with E-state index in [0.29, 0.717) is 42.2 Å². The van der Waals surface area contributed by atoms with E-state index in [-0.39, 0.29) is 24.8 Å². The number of aromatic nitrogens is 4. The predicted molar refractivity (Wildman–Crippen MR) is 125 cm³/mol. The van der Waals surface area contributed by atoms with Gasteiger partial charge in [0, 0.05) is 45.2 Å². The van der Waals surface area contributed by atoms with Crippen LogP contribution in [0.5, 0.6) is 0 Å². The van der Waals surface area contributed by atoms with Crippen molar-refractivity contribution in [3.8, 4) is 0 Å². The molecule has 10 nitrogen and oxygen atoms in total. The third-order valence-electron chi connectivity index (χ3n) is 5.48. The zero-order valence-corrected chi connectivity index (χ0v) is 19.6. The van der Waals surface area contributed by atoms with Gasteiger partial charge in [0.1, 0.15) is 0 Å². The Bertz CT molecular complexity index is 1280. The molecule has 0 atom stereocenters. The zero-order chi connectivity index (χ0) is 24.1. The third kappa shape index (κ3) is 5.51. The van der Waals surface area contributed by atoms with Crippen LogP contribution in [0.1, 0.15) is 25.3 Å². The number of likely N-dealkylation sites (N-methyl/N-ethyl adjacent to an activating group) is 1. The van der Waals surface area contributed by atoms with E-state index in [1.165, 1.54) is 22.8 Å². The lowest BCUT2D eigenvalue weighted by molar-refractivity contribution is -0.136. The zero-order valence-electron chi connectivity index (χ0n) is 18.9. The molecule has 176 valence electrons. The number of rotatable bonds is 9. The molecular weight excluding hydrogens is 448 g/mol. The SMILES string of the molecule is CCN(CC(=O)NCc1ccc(Cl)cc1)C(=O)CCCn1cnc2c1c(=O)n(C)c(=O)n2C. The van der Waals surface area contributed by atoms with Gasteiger partial charge in [0.25, 0.3) is 5.56 Å². The summed E-state index contributed by atoms with van der Waals surface area (Å²) in [6.45, 7) is 2.93. The number of halogens is 1. The van der Waals surface area contributed by atoms with Gasteiger partial charge in [-0.05, 0) is 31.0 Å². The first-order chi connectivity index (χ1) is 15.7. The highest BCUT2D eigenvalue weighted by molar-refractivity contribution is 6.30. The number of amides is 2. The Morgan fingerprint density at radius 1 is 1.12 bits per heavy atom. The molecule has 0 saturated heterocycles. The average molecular weight is 475 g/mol. The highest BCUT2D eigenvalue weighted by Crippen LogP contribution is 2.10. The van der Waals surface area contributed by atoms with Gasteiger partial charge < -0.3 is 14.8 Å². The molecule has 0 aliphatic rings. The number of carbonyl (C=O) groups is 2. The first kappa shape index (κ1) is 24.2. The van der Waals surface area contributed by atoms with Crippen LogP contribution in [-0.2, 0) is 36.8 Å². The van der Waals surface area contributed by atoms with Gasteiger partial charge in [0.2, 0.25) is 11.8 Å². The molecule has 2 amide bonds. The Morgan fingerprint density at radius 2 is 1.82 bits per heavy atom. The summed E-state index contributed by atoms with van der Waals surface area (Å²) in [7, 11) is 2.98. The highest BCUT2D eigenvalue weighted by Gasteiger charge is 2.17. The number of hydrogen-bond donors (Lipinski definition) is 1. The van der Waals surface area contributed by atoms with Gasteiger partial charge >= 0.3 is 5.69 Å². The van der Waals surface area contributed by atoms with Crippen LogP contribution in [0.3, 0.4) is 0 Å². The molecule has 33 heavy (non-hydrogen) atoms. The molecule has 0 unspecified atom stereocenters. The van der Waals surface area contributed by atoms with Gasteiger partial charge in [0.05, 0.1) is 12.9 Å². The molecule has 0 spiro atoms. The predicted octanol–water partition coefficient (Wildman–Crippen LogP) is 1.03. The Balaban J connectivity index is 1.55. The summed E-state index contributed by atoms with van der Waals surface area (Å²) < 4.78 is 4.01. The molecule has 0 radical (unpaired) electrons. The molecule has 0 aliphatic heterocycles. The standard InChI is InChI=1S/C22H27ClN6O4/c1-4-28(13-17(30)24-12-15-7-9-16(23)10-8-15)18(31)6-5-11-29-14-25-20-19(29)21(32)27(3)22(33)26(20)2/h7-10,14H,4-6,11-13H2,1-3H3,(H,24,30). The lowest BCUT2D eigenvalue weighted by Crippen LogP contribution is -2.40. The molecule has 2 heterocycles. The Hall–Kier alpha value is -3.40. The Labute approximate surface area is 195 Å². The van der Waals surface area contributed by atoms with E-state index >= 15 is 0 Å². The van der Waals surface area contributed by atoms with Crippen LogP contribution in [0.2, 0.25) is 5.02 Å². The van der Waals surface area contributed by atoms with Gasteiger partial charge in [-0.2, -0.15) is 0 Å². The number of hydrogen-bond acceptors (Lipinski definition) is 5. The van der Waals surface area contributed by atoms with Crippen molar-refractivity contribution in [2.24, 2.45) is 14.1 Å². The topological polar surface area (TPSA) is 111 Å². The van der Waals surface area contributed by atoms with Crippen molar-refractivity contribution in [2.45, 2.75) is 32.9 Å². The first-order valence-corrected chi connectivity index (χ1v) is 11.0. The molecular formula is C22H27ClN6O4. The van der Waals surface area contributed by atoms with E-state index in [1.807, 2.05) is 19.1 Å². The van der Waals surface area contributed by atoms with Crippen molar-refractivity contribution < 1.29 is 9.59 Å². The minimum absolute atomic E-state index is 0.0282. The second kappa shape index (κ2) is 10.5. The number of nitrogens with one attached hydrogen (secondary N) is 1. The van der Waals surface area contributed by atoms with Crippen LogP contribution in [-0.4, -0.2) is 48.5 Å². The summed E-state index contributed by atoms with van der Waals surface area (Å²) in [5.74, 6) is -0.394. The summed E-state index contributed by atoms with van der Waals surface area (Å²) in [6.07, 6.45) is 2.17. The number of fused-ring (bicyclic) bond motifs is 1. The van der Waals surface area contributed by atoms with E-state index in [9.17, 15) is 19.2 Å². The van der Waals surface area contributed by atoms with Crippen molar-refractivity contribution in [1.82, 2.24) is 28.9 Å². The van der Waals surface area contributed by atoms with Crippen LogP contribution in [0.15, 0.2) is 40.2 Å². The van der Waals surface area contributed by atoms with Gasteiger partial charge in [-0.1, -0.05) is 23.7 Å². The van der Waals surface area contributed by atoms with E-state index in [2.05, 4.69) is 10.3 Å². The number of benzene rings is 1. The summed E-state index contributed by atoms with van der Waals surface area (Å²) in [4.78, 5) is 55.1. The number of imidazole rings is 1. The van der Waals surface area contributed by atoms with Gasteiger partial charge in [0.15, 0.2) is 11.2 Å². The van der Waals surface area contributed by atoms with Gasteiger partial charge in [-0.3, -0.25) is 23.5 Å². The van der Waals surface area contributed by atoms with Crippen LogP contribution in [0.25, 0.3) is 11.2 Å². The first-order valence-electron chi connectivity index (χ1n) is 10.6. The van der Waals surface area contributed by atoms with Crippen LogP contribution in [0.4, 0.5) is 0 Å². The fourth-order valence-corrected chi connectivity index (χ4v) is 3.66. The number of carbonyl (C=O) groups excluding carboxylic acids is 2. The minimum Gasteiger partial charge on any atom is -0.350 e. The third-order valence-corrected chi connectivity index (χ3v) is 5.73. The fourth-order valence-electron chi connectivity index (χ4n) is 3.53. The van der Waals surface area contributed by atoms with Crippen LogP contribution >= 0.6 is 11.6 Å². The Morgan fingerprint density at radius 3 is 2.48 bits per heavy atom. The van der Waals surface area contributed by atoms with E-state index in [4.69, 9.17) is 11.6 Å². The lowest BCUT2D eigenvalue weighted by atomic mass is 10.2. The maximum Gasteiger partial charge on any atom is 0.332 e. The Kier molecular flexibility index (Phi) is 7.70. The molecule has 11 heteroatoms. The lowest BCUT2D eigenvalue weighted by Gasteiger charge is -2.20. The summed E-state index contributed by atoms with van der Waals surface area (Å²) in [6, 6.07) is 7.17. The maximum atomic E-state index is 12.6. The minimum atomic E-state index is -0.444. The summed E-state index contributed by atoms with van der Waals surface area (Å²) in [5.41, 5.74) is 0.673. The monoisotopic (exact) mass is 474 g/mol. The summed E-state index contributed by atoms with van der Waals surface area (Å²) >= 11 is 5.86. The molecule has 0 aliphatic carbocycles. The van der Waals surface area contributed by atoms with Gasteiger partial charge in [-0.15, -0.1) is 0 Å². The molecule has 0 fully saturated rings. The van der Waals surface area contributed by atoms with Gasteiger partial charge in [-0.25, -0.2) is 9.78 Å². The van der Waals surface area contributed by atoms with E-state index in [1.54, 1.807) is 23.7 Å². The molecule has 3 aromatic rings. The molecule has 0 bridgehead atoms. The second-order valence-corrected chi connectivity index (χ2v) is 8.17. The van der Waals surface area contributed by atoms with Crippen molar-refractivity contribution in [1.29, 1.82) is 0 Å². The molecule has 0 saturated carbocycles. The molecule has 3 rings (SSSR count). The number of nitrogens with zero attached hydrogens (tertiary/aromatic N) is 5.